The molecule has 0 spiro atoms. The lowest BCUT2D eigenvalue weighted by Crippen LogP contribution is -2.37. The van der Waals surface area contributed by atoms with Crippen molar-refractivity contribution >= 4 is 5.78 Å². The molecule has 0 radical (unpaired) electrons. The van der Waals surface area contributed by atoms with E-state index >= 15 is 0 Å². The van der Waals surface area contributed by atoms with Gasteiger partial charge in [0.05, 0.1) is 0 Å². The smallest absolute Gasteiger partial charge is 0.209 e. The van der Waals surface area contributed by atoms with E-state index in [0.29, 0.717) is 0 Å². The second-order valence-electron chi connectivity index (χ2n) is 3.06. The fourth-order valence-electron chi connectivity index (χ4n) is 1.59. The minimum atomic E-state index is -0.114. The molecule has 0 heterocycles. The first-order valence-corrected chi connectivity index (χ1v) is 4.01. The molecule has 60 valence electrons. The van der Waals surface area contributed by atoms with E-state index in [-0.39, 0.29) is 17.7 Å². The standard InChI is InChI=1S/C9H13NO/c1-2-9(11)7-5-3-4-6-8(7)10/h1,7-8H,3-6,10H2. The predicted octanol–water partition coefficient (Wildman–Crippen LogP) is 0.706. The second kappa shape index (κ2) is 3.54. The van der Waals surface area contributed by atoms with E-state index in [9.17, 15) is 4.79 Å². The van der Waals surface area contributed by atoms with Crippen molar-refractivity contribution in [3.05, 3.63) is 0 Å². The van der Waals surface area contributed by atoms with Crippen LogP contribution in [-0.4, -0.2) is 11.8 Å². The third-order valence-electron chi connectivity index (χ3n) is 2.30. The average Bonchev–Trinajstić information content (AvgIpc) is 2.04. The Morgan fingerprint density at radius 2 is 2.09 bits per heavy atom. The van der Waals surface area contributed by atoms with Gasteiger partial charge in [-0.1, -0.05) is 12.8 Å². The highest BCUT2D eigenvalue weighted by molar-refractivity contribution is 5.97. The summed E-state index contributed by atoms with van der Waals surface area (Å²) in [6.45, 7) is 0. The van der Waals surface area contributed by atoms with E-state index in [1.54, 1.807) is 0 Å². The van der Waals surface area contributed by atoms with Crippen LogP contribution in [0.25, 0.3) is 0 Å². The molecule has 0 bridgehead atoms. The van der Waals surface area contributed by atoms with Crippen LogP contribution in [0.3, 0.4) is 0 Å². The highest BCUT2D eigenvalue weighted by Gasteiger charge is 2.26. The molecule has 2 atom stereocenters. The molecule has 0 saturated heterocycles. The van der Waals surface area contributed by atoms with Crippen LogP contribution < -0.4 is 5.73 Å². The first kappa shape index (κ1) is 8.29. The minimum Gasteiger partial charge on any atom is -0.327 e. The number of terminal acetylenes is 1. The van der Waals surface area contributed by atoms with Crippen LogP contribution in [0.1, 0.15) is 25.7 Å². The number of Topliss-reactive ketones (excluding diaryl/α,β-unsaturated/α-hetero) is 1. The zero-order chi connectivity index (χ0) is 8.27. The van der Waals surface area contributed by atoms with E-state index in [1.165, 1.54) is 0 Å². The van der Waals surface area contributed by atoms with Crippen LogP contribution in [0.2, 0.25) is 0 Å². The molecule has 0 aliphatic heterocycles. The summed E-state index contributed by atoms with van der Waals surface area (Å²) in [6.07, 6.45) is 9.06. The highest BCUT2D eigenvalue weighted by Crippen LogP contribution is 2.23. The van der Waals surface area contributed by atoms with Crippen LogP contribution >= 0.6 is 0 Å². The molecular formula is C9H13NO. The highest BCUT2D eigenvalue weighted by atomic mass is 16.1. The van der Waals surface area contributed by atoms with Crippen molar-refractivity contribution in [2.45, 2.75) is 31.7 Å². The zero-order valence-corrected chi connectivity index (χ0v) is 6.55. The Morgan fingerprint density at radius 3 is 2.64 bits per heavy atom. The van der Waals surface area contributed by atoms with E-state index in [1.807, 2.05) is 0 Å². The van der Waals surface area contributed by atoms with Crippen molar-refractivity contribution < 1.29 is 4.79 Å². The average molecular weight is 151 g/mol. The van der Waals surface area contributed by atoms with Crippen LogP contribution in [-0.2, 0) is 4.79 Å². The normalized spacial score (nSPS) is 30.9. The SMILES string of the molecule is C#CC(=O)C1CCCCC1N. The van der Waals surface area contributed by atoms with Gasteiger partial charge in [-0.25, -0.2) is 0 Å². The number of hydrogen-bond acceptors (Lipinski definition) is 2. The molecule has 1 rings (SSSR count). The maximum absolute atomic E-state index is 11.1. The third-order valence-corrected chi connectivity index (χ3v) is 2.30. The molecule has 11 heavy (non-hydrogen) atoms. The van der Waals surface area contributed by atoms with Crippen molar-refractivity contribution in [1.29, 1.82) is 0 Å². The van der Waals surface area contributed by atoms with Gasteiger partial charge in [-0.15, -0.1) is 6.42 Å². The Balaban J connectivity index is 2.56. The number of rotatable bonds is 1. The van der Waals surface area contributed by atoms with E-state index in [2.05, 4.69) is 5.92 Å². The number of nitrogens with two attached hydrogens (primary N) is 1. The van der Waals surface area contributed by atoms with Gasteiger partial charge in [0.25, 0.3) is 0 Å². The van der Waals surface area contributed by atoms with E-state index in [4.69, 9.17) is 12.2 Å². The van der Waals surface area contributed by atoms with Gasteiger partial charge in [0.1, 0.15) is 0 Å². The monoisotopic (exact) mass is 151 g/mol. The third kappa shape index (κ3) is 1.81. The summed E-state index contributed by atoms with van der Waals surface area (Å²) in [5, 5.41) is 0. The summed E-state index contributed by atoms with van der Waals surface area (Å²) >= 11 is 0. The van der Waals surface area contributed by atoms with Crippen LogP contribution in [0.15, 0.2) is 0 Å². The summed E-state index contributed by atoms with van der Waals surface area (Å²) in [6, 6.07) is 0.00676. The lowest BCUT2D eigenvalue weighted by molar-refractivity contribution is -0.118. The number of carbonyl (C=O) groups is 1. The van der Waals surface area contributed by atoms with Gasteiger partial charge in [0, 0.05) is 12.0 Å². The maximum Gasteiger partial charge on any atom is 0.209 e. The number of hydrogen-bond donors (Lipinski definition) is 1. The Morgan fingerprint density at radius 1 is 1.45 bits per heavy atom. The first-order chi connectivity index (χ1) is 5.25. The zero-order valence-electron chi connectivity index (χ0n) is 6.55. The molecule has 1 fully saturated rings. The molecule has 0 aromatic heterocycles. The Bertz CT molecular complexity index is 192. The lowest BCUT2D eigenvalue weighted by atomic mass is 9.82. The summed E-state index contributed by atoms with van der Waals surface area (Å²) < 4.78 is 0. The van der Waals surface area contributed by atoms with Gasteiger partial charge in [-0.2, -0.15) is 0 Å². The van der Waals surface area contributed by atoms with Crippen molar-refractivity contribution in [3.63, 3.8) is 0 Å². The van der Waals surface area contributed by atoms with Gasteiger partial charge in [0.2, 0.25) is 5.78 Å². The molecule has 1 aliphatic rings. The molecule has 2 heteroatoms. The van der Waals surface area contributed by atoms with Crippen molar-refractivity contribution in [2.24, 2.45) is 11.7 Å². The molecule has 2 N–H and O–H groups in total. The van der Waals surface area contributed by atoms with Crippen LogP contribution in [0.4, 0.5) is 0 Å². The molecule has 2 nitrogen and oxygen atoms in total. The van der Waals surface area contributed by atoms with Crippen molar-refractivity contribution in [3.8, 4) is 12.3 Å². The molecule has 0 aromatic rings. The molecular weight excluding hydrogens is 138 g/mol. The van der Waals surface area contributed by atoms with Crippen LogP contribution in [0.5, 0.6) is 0 Å². The molecule has 2 unspecified atom stereocenters. The first-order valence-electron chi connectivity index (χ1n) is 4.01. The minimum absolute atomic E-state index is 0.00676. The Hall–Kier alpha value is -0.810. The molecule has 1 aliphatic carbocycles. The van der Waals surface area contributed by atoms with Crippen molar-refractivity contribution in [1.82, 2.24) is 0 Å². The molecule has 1 saturated carbocycles. The second-order valence-corrected chi connectivity index (χ2v) is 3.06. The molecule has 0 aromatic carbocycles. The topological polar surface area (TPSA) is 43.1 Å². The summed E-state index contributed by atoms with van der Waals surface area (Å²) in [7, 11) is 0. The maximum atomic E-state index is 11.1. The fraction of sp³-hybridized carbons (Fsp3) is 0.667. The summed E-state index contributed by atoms with van der Waals surface area (Å²) in [4.78, 5) is 11.1. The summed E-state index contributed by atoms with van der Waals surface area (Å²) in [5.74, 6) is 1.97. The quantitative estimate of drug-likeness (QED) is 0.443. The largest absolute Gasteiger partial charge is 0.327 e. The fourth-order valence-corrected chi connectivity index (χ4v) is 1.59. The van der Waals surface area contributed by atoms with Gasteiger partial charge < -0.3 is 5.73 Å². The van der Waals surface area contributed by atoms with Gasteiger partial charge in [-0.05, 0) is 18.8 Å². The van der Waals surface area contributed by atoms with Gasteiger partial charge in [-0.3, -0.25) is 4.79 Å². The molecule has 0 amide bonds. The van der Waals surface area contributed by atoms with E-state index < -0.39 is 0 Å². The number of ketones is 1. The predicted molar refractivity (Wildman–Crippen MR) is 43.8 cm³/mol. The Labute approximate surface area is 67.2 Å². The van der Waals surface area contributed by atoms with E-state index in [0.717, 1.165) is 25.7 Å². The van der Waals surface area contributed by atoms with Gasteiger partial charge >= 0.3 is 0 Å². The number of carbonyl (C=O) groups excluding carboxylic acids is 1. The van der Waals surface area contributed by atoms with Crippen molar-refractivity contribution in [2.75, 3.05) is 0 Å². The van der Waals surface area contributed by atoms with Gasteiger partial charge in [0.15, 0.2) is 0 Å². The van der Waals surface area contributed by atoms with Crippen LogP contribution in [0, 0.1) is 18.3 Å². The Kier molecular flexibility index (Phi) is 2.67. The summed E-state index contributed by atoms with van der Waals surface area (Å²) in [5.41, 5.74) is 5.74. The lowest BCUT2D eigenvalue weighted by Gasteiger charge is -2.25.